The number of aldehydes is 1. The summed E-state index contributed by atoms with van der Waals surface area (Å²) in [6.07, 6.45) is 2.72. The molecule has 0 spiro atoms. The quantitative estimate of drug-likeness (QED) is 0.398. The van der Waals surface area contributed by atoms with Crippen molar-refractivity contribution in [1.29, 1.82) is 0 Å². The minimum absolute atomic E-state index is 0.0651. The number of hydrogen-bond acceptors (Lipinski definition) is 3. The predicted octanol–water partition coefficient (Wildman–Crippen LogP) is -0.515. The Morgan fingerprint density at radius 1 is 1.56 bits per heavy atom. The summed E-state index contributed by atoms with van der Waals surface area (Å²) >= 11 is 0. The molecule has 3 heteroatoms. The standard InChI is InChI=1S/C6H10O3/c7-4-1-2-6(9)3-5-8/h1-2,4,6,8-9H,3,5H2. The fraction of sp³-hybridized carbons (Fsp3) is 0.500. The summed E-state index contributed by atoms with van der Waals surface area (Å²) in [7, 11) is 0. The van der Waals surface area contributed by atoms with Gasteiger partial charge in [-0.2, -0.15) is 0 Å². The lowest BCUT2D eigenvalue weighted by Crippen LogP contribution is -2.03. The molecule has 0 aromatic rings. The van der Waals surface area contributed by atoms with Crippen LogP contribution in [0.4, 0.5) is 0 Å². The van der Waals surface area contributed by atoms with E-state index in [2.05, 4.69) is 0 Å². The van der Waals surface area contributed by atoms with Crippen LogP contribution in [0.2, 0.25) is 0 Å². The van der Waals surface area contributed by atoms with Crippen LogP contribution in [0.15, 0.2) is 12.2 Å². The summed E-state index contributed by atoms with van der Waals surface area (Å²) < 4.78 is 0. The lowest BCUT2D eigenvalue weighted by molar-refractivity contribution is -0.104. The van der Waals surface area contributed by atoms with Crippen molar-refractivity contribution in [1.82, 2.24) is 0 Å². The summed E-state index contributed by atoms with van der Waals surface area (Å²) in [6.45, 7) is -0.0651. The molecule has 0 aromatic carbocycles. The Balaban J connectivity index is 3.35. The first-order valence-corrected chi connectivity index (χ1v) is 2.72. The van der Waals surface area contributed by atoms with Crippen LogP contribution >= 0.6 is 0 Å². The highest BCUT2D eigenvalue weighted by Gasteiger charge is 1.94. The minimum atomic E-state index is -0.694. The molecule has 0 radical (unpaired) electrons. The molecule has 52 valence electrons. The van der Waals surface area contributed by atoms with Crippen molar-refractivity contribution in [3.8, 4) is 0 Å². The zero-order chi connectivity index (χ0) is 7.11. The van der Waals surface area contributed by atoms with Crippen molar-refractivity contribution in [2.45, 2.75) is 12.5 Å². The molecule has 9 heavy (non-hydrogen) atoms. The Morgan fingerprint density at radius 2 is 2.22 bits per heavy atom. The van der Waals surface area contributed by atoms with Gasteiger partial charge in [-0.3, -0.25) is 4.79 Å². The second-order valence-corrected chi connectivity index (χ2v) is 1.60. The van der Waals surface area contributed by atoms with E-state index in [1.165, 1.54) is 12.2 Å². The molecular weight excluding hydrogens is 120 g/mol. The Kier molecular flexibility index (Phi) is 5.06. The van der Waals surface area contributed by atoms with Gasteiger partial charge >= 0.3 is 0 Å². The molecule has 0 aliphatic rings. The van der Waals surface area contributed by atoms with Gasteiger partial charge in [-0.15, -0.1) is 0 Å². The Morgan fingerprint density at radius 3 is 2.67 bits per heavy atom. The molecule has 1 unspecified atom stereocenters. The first-order valence-electron chi connectivity index (χ1n) is 2.72. The number of rotatable bonds is 4. The normalized spacial score (nSPS) is 14.0. The van der Waals surface area contributed by atoms with Gasteiger partial charge in [0.05, 0.1) is 6.10 Å². The third-order valence-electron chi connectivity index (χ3n) is 0.837. The van der Waals surface area contributed by atoms with Crippen LogP contribution in [-0.2, 0) is 4.79 Å². The lowest BCUT2D eigenvalue weighted by Gasteiger charge is -1.98. The predicted molar refractivity (Wildman–Crippen MR) is 32.9 cm³/mol. The van der Waals surface area contributed by atoms with E-state index in [1.54, 1.807) is 0 Å². The summed E-state index contributed by atoms with van der Waals surface area (Å²) in [5.74, 6) is 0. The number of hydrogen-bond donors (Lipinski definition) is 2. The van der Waals surface area contributed by atoms with E-state index < -0.39 is 6.10 Å². The third-order valence-corrected chi connectivity index (χ3v) is 0.837. The molecule has 2 N–H and O–H groups in total. The molecule has 3 nitrogen and oxygen atoms in total. The molecule has 0 aliphatic heterocycles. The molecule has 0 fully saturated rings. The molecule has 0 bridgehead atoms. The van der Waals surface area contributed by atoms with Gasteiger partial charge in [0.2, 0.25) is 0 Å². The summed E-state index contributed by atoms with van der Waals surface area (Å²) in [5, 5.41) is 17.0. The van der Waals surface area contributed by atoms with Gasteiger partial charge < -0.3 is 10.2 Å². The molecule has 0 rings (SSSR count). The van der Waals surface area contributed by atoms with Crippen LogP contribution in [0.25, 0.3) is 0 Å². The van der Waals surface area contributed by atoms with Crippen LogP contribution < -0.4 is 0 Å². The number of aliphatic hydroxyl groups is 2. The smallest absolute Gasteiger partial charge is 0.142 e. The average molecular weight is 130 g/mol. The van der Waals surface area contributed by atoms with Crippen LogP contribution in [0, 0.1) is 0 Å². The number of allylic oxidation sites excluding steroid dienone is 1. The first-order chi connectivity index (χ1) is 4.31. The molecular formula is C6H10O3. The van der Waals surface area contributed by atoms with E-state index >= 15 is 0 Å². The lowest BCUT2D eigenvalue weighted by atomic mass is 10.2. The van der Waals surface area contributed by atoms with E-state index in [0.29, 0.717) is 6.29 Å². The van der Waals surface area contributed by atoms with E-state index in [0.717, 1.165) is 0 Å². The maximum absolute atomic E-state index is 9.65. The highest BCUT2D eigenvalue weighted by atomic mass is 16.3. The summed E-state index contributed by atoms with van der Waals surface area (Å²) in [4.78, 5) is 9.65. The molecule has 0 saturated carbocycles. The Labute approximate surface area is 53.6 Å². The highest BCUT2D eigenvalue weighted by molar-refractivity contribution is 5.64. The SMILES string of the molecule is O=CC=CC(O)CCO. The molecule has 0 saturated heterocycles. The van der Waals surface area contributed by atoms with Gasteiger partial charge in [0, 0.05) is 6.61 Å². The fourth-order valence-electron chi connectivity index (χ4n) is 0.402. The van der Waals surface area contributed by atoms with Gasteiger partial charge in [0.1, 0.15) is 6.29 Å². The zero-order valence-corrected chi connectivity index (χ0v) is 5.03. The van der Waals surface area contributed by atoms with Crippen LogP contribution in [0.3, 0.4) is 0 Å². The molecule has 0 aromatic heterocycles. The summed E-state index contributed by atoms with van der Waals surface area (Å²) in [5.41, 5.74) is 0. The van der Waals surface area contributed by atoms with Crippen molar-refractivity contribution < 1.29 is 15.0 Å². The first kappa shape index (κ1) is 8.33. The second kappa shape index (κ2) is 5.47. The van der Waals surface area contributed by atoms with Gasteiger partial charge in [-0.05, 0) is 12.5 Å². The number of carbonyl (C=O) groups excluding carboxylic acids is 1. The second-order valence-electron chi connectivity index (χ2n) is 1.60. The van der Waals surface area contributed by atoms with Crippen molar-refractivity contribution in [3.63, 3.8) is 0 Å². The molecule has 0 amide bonds. The number of aliphatic hydroxyl groups excluding tert-OH is 2. The maximum atomic E-state index is 9.65. The largest absolute Gasteiger partial charge is 0.396 e. The molecule has 0 heterocycles. The van der Waals surface area contributed by atoms with Crippen molar-refractivity contribution in [3.05, 3.63) is 12.2 Å². The number of carbonyl (C=O) groups is 1. The fourth-order valence-corrected chi connectivity index (χ4v) is 0.402. The zero-order valence-electron chi connectivity index (χ0n) is 5.03. The van der Waals surface area contributed by atoms with Crippen LogP contribution in [0.1, 0.15) is 6.42 Å². The van der Waals surface area contributed by atoms with E-state index in [9.17, 15) is 4.79 Å². The topological polar surface area (TPSA) is 57.5 Å². The van der Waals surface area contributed by atoms with E-state index in [-0.39, 0.29) is 13.0 Å². The van der Waals surface area contributed by atoms with Gasteiger partial charge in [-0.25, -0.2) is 0 Å². The van der Waals surface area contributed by atoms with Crippen molar-refractivity contribution in [2.24, 2.45) is 0 Å². The minimum Gasteiger partial charge on any atom is -0.396 e. The van der Waals surface area contributed by atoms with E-state index in [1.807, 2.05) is 0 Å². The molecule has 1 atom stereocenters. The highest BCUT2D eigenvalue weighted by Crippen LogP contribution is 1.89. The van der Waals surface area contributed by atoms with Gasteiger partial charge in [0.15, 0.2) is 0 Å². The van der Waals surface area contributed by atoms with Crippen molar-refractivity contribution >= 4 is 6.29 Å². The van der Waals surface area contributed by atoms with Crippen LogP contribution in [0.5, 0.6) is 0 Å². The van der Waals surface area contributed by atoms with Gasteiger partial charge in [0.25, 0.3) is 0 Å². The van der Waals surface area contributed by atoms with E-state index in [4.69, 9.17) is 10.2 Å². The van der Waals surface area contributed by atoms with Gasteiger partial charge in [-0.1, -0.05) is 6.08 Å². The Hall–Kier alpha value is -0.670. The third kappa shape index (κ3) is 5.20. The maximum Gasteiger partial charge on any atom is 0.142 e. The monoisotopic (exact) mass is 130 g/mol. The average Bonchev–Trinajstić information content (AvgIpc) is 1.85. The van der Waals surface area contributed by atoms with Crippen molar-refractivity contribution in [2.75, 3.05) is 6.61 Å². The van der Waals surface area contributed by atoms with Crippen LogP contribution in [-0.4, -0.2) is 29.2 Å². The Bertz CT molecular complexity index is 98.5. The summed E-state index contributed by atoms with van der Waals surface area (Å²) in [6, 6.07) is 0. The molecule has 0 aliphatic carbocycles.